The van der Waals surface area contributed by atoms with E-state index in [0.29, 0.717) is 0 Å². The third-order valence-electron chi connectivity index (χ3n) is 3.35. The van der Waals surface area contributed by atoms with Gasteiger partial charge in [0.15, 0.2) is 0 Å². The van der Waals surface area contributed by atoms with E-state index in [2.05, 4.69) is 0 Å². The summed E-state index contributed by atoms with van der Waals surface area (Å²) in [5.74, 6) is -1.83. The number of Topliss-reactive ketones (excluding diaryl/α,β-unsaturated/α-hetero) is 2. The van der Waals surface area contributed by atoms with Crippen LogP contribution in [0.1, 0.15) is 60.3 Å². The highest BCUT2D eigenvalue weighted by Crippen LogP contribution is 2.22. The second-order valence-electron chi connectivity index (χ2n) is 5.48. The van der Waals surface area contributed by atoms with Gasteiger partial charge in [0.05, 0.1) is 0 Å². The van der Waals surface area contributed by atoms with Gasteiger partial charge in [-0.15, -0.1) is 0 Å². The first kappa shape index (κ1) is 20.3. The molecule has 126 valence electrons. The summed E-state index contributed by atoms with van der Waals surface area (Å²) in [6, 6.07) is 0. The quantitative estimate of drug-likeness (QED) is 0.454. The second kappa shape index (κ2) is 10.1. The number of carbonyl (C=O) groups excluding carboxylic acids is 4. The molecule has 0 saturated heterocycles. The van der Waals surface area contributed by atoms with E-state index in [-0.39, 0.29) is 30.3 Å². The van der Waals surface area contributed by atoms with Gasteiger partial charge in [0.1, 0.15) is 36.6 Å². The number of ketones is 2. The topological polar surface area (TPSA) is 86.7 Å². The molecule has 0 aromatic heterocycles. The first-order valence-corrected chi connectivity index (χ1v) is 7.59. The van der Waals surface area contributed by atoms with Crippen LogP contribution in [-0.4, -0.2) is 35.7 Å². The lowest BCUT2D eigenvalue weighted by Crippen LogP contribution is -2.39. The summed E-state index contributed by atoms with van der Waals surface area (Å²) in [4.78, 5) is 45.2. The van der Waals surface area contributed by atoms with Crippen molar-refractivity contribution in [2.75, 3.05) is 0 Å². The predicted molar refractivity (Wildman–Crippen MR) is 80.1 cm³/mol. The minimum atomic E-state index is -0.673. The third kappa shape index (κ3) is 7.90. The van der Waals surface area contributed by atoms with E-state index in [1.54, 1.807) is 6.92 Å². The van der Waals surface area contributed by atoms with E-state index in [0.717, 1.165) is 12.8 Å². The van der Waals surface area contributed by atoms with Crippen LogP contribution in [0, 0.1) is 5.92 Å². The lowest BCUT2D eigenvalue weighted by atomic mass is 9.93. The maximum absolute atomic E-state index is 11.7. The summed E-state index contributed by atoms with van der Waals surface area (Å²) in [5, 5.41) is 0. The van der Waals surface area contributed by atoms with E-state index in [1.807, 2.05) is 13.8 Å². The first-order valence-electron chi connectivity index (χ1n) is 7.59. The molecule has 0 aliphatic heterocycles. The Balaban J connectivity index is 4.90. The Kier molecular flexibility index (Phi) is 9.29. The van der Waals surface area contributed by atoms with Crippen molar-refractivity contribution >= 4 is 23.5 Å². The minimum absolute atomic E-state index is 0.0102. The number of esters is 2. The van der Waals surface area contributed by atoms with Gasteiger partial charge < -0.3 is 9.47 Å². The average molecular weight is 314 g/mol. The Hall–Kier alpha value is -1.72. The zero-order valence-corrected chi connectivity index (χ0v) is 14.0. The maximum atomic E-state index is 11.7. The van der Waals surface area contributed by atoms with Gasteiger partial charge in [0.25, 0.3) is 0 Å². The lowest BCUT2D eigenvalue weighted by Gasteiger charge is -2.30. The summed E-state index contributed by atoms with van der Waals surface area (Å²) in [7, 11) is 0. The van der Waals surface area contributed by atoms with Crippen molar-refractivity contribution in [1.82, 2.24) is 0 Å². The summed E-state index contributed by atoms with van der Waals surface area (Å²) < 4.78 is 10.5. The molecule has 0 saturated carbocycles. The van der Waals surface area contributed by atoms with E-state index < -0.39 is 24.1 Å². The Labute approximate surface area is 131 Å². The average Bonchev–Trinajstić information content (AvgIpc) is 2.36. The molecule has 22 heavy (non-hydrogen) atoms. The van der Waals surface area contributed by atoms with Crippen molar-refractivity contribution in [3.05, 3.63) is 0 Å². The summed E-state index contributed by atoms with van der Waals surface area (Å²) >= 11 is 0. The van der Waals surface area contributed by atoms with Crippen LogP contribution in [0.3, 0.4) is 0 Å². The van der Waals surface area contributed by atoms with Crippen molar-refractivity contribution in [3.63, 3.8) is 0 Å². The molecule has 0 aliphatic carbocycles. The molecule has 0 aromatic carbocycles. The number of ether oxygens (including phenoxy) is 2. The molecule has 6 heteroatoms. The van der Waals surface area contributed by atoms with E-state index >= 15 is 0 Å². The van der Waals surface area contributed by atoms with Crippen molar-refractivity contribution in [1.29, 1.82) is 0 Å². The van der Waals surface area contributed by atoms with Crippen molar-refractivity contribution in [2.24, 2.45) is 5.92 Å². The molecule has 0 heterocycles. The fourth-order valence-electron chi connectivity index (χ4n) is 2.24. The zero-order chi connectivity index (χ0) is 17.3. The van der Waals surface area contributed by atoms with Crippen LogP contribution in [0.15, 0.2) is 0 Å². The summed E-state index contributed by atoms with van der Waals surface area (Å²) in [5.41, 5.74) is 0. The smallest absolute Gasteiger partial charge is 0.313 e. The van der Waals surface area contributed by atoms with Crippen LogP contribution in [0.5, 0.6) is 0 Å². The maximum Gasteiger partial charge on any atom is 0.313 e. The molecule has 0 bridgehead atoms. The van der Waals surface area contributed by atoms with Crippen LogP contribution in [0.4, 0.5) is 0 Å². The van der Waals surface area contributed by atoms with Crippen LogP contribution in [0.2, 0.25) is 0 Å². The fraction of sp³-hybridized carbons (Fsp3) is 0.750. The molecular formula is C16H26O6. The van der Waals surface area contributed by atoms with E-state index in [4.69, 9.17) is 9.47 Å². The van der Waals surface area contributed by atoms with E-state index in [9.17, 15) is 19.2 Å². The SMILES string of the molecule is CCC(CC)[C@H](OC(=O)CC(C)=O)[C@H](C)OC(=O)CC(C)=O. The summed E-state index contributed by atoms with van der Waals surface area (Å²) in [6.07, 6.45) is -0.427. The fourth-order valence-corrected chi connectivity index (χ4v) is 2.24. The zero-order valence-electron chi connectivity index (χ0n) is 14.0. The molecule has 6 nitrogen and oxygen atoms in total. The van der Waals surface area contributed by atoms with Crippen LogP contribution in [-0.2, 0) is 28.7 Å². The van der Waals surface area contributed by atoms with Gasteiger partial charge in [0.2, 0.25) is 0 Å². The van der Waals surface area contributed by atoms with Crippen LogP contribution >= 0.6 is 0 Å². The number of rotatable bonds is 10. The second-order valence-corrected chi connectivity index (χ2v) is 5.48. The van der Waals surface area contributed by atoms with Gasteiger partial charge in [0, 0.05) is 0 Å². The highest BCUT2D eigenvalue weighted by molar-refractivity contribution is 5.94. The molecule has 0 radical (unpaired) electrons. The number of hydrogen-bond acceptors (Lipinski definition) is 6. The number of hydrogen-bond donors (Lipinski definition) is 0. The predicted octanol–water partition coefficient (Wildman–Crippen LogP) is 2.22. The normalized spacial score (nSPS) is 13.4. The molecule has 2 atom stereocenters. The molecule has 0 fully saturated rings. The number of carbonyl (C=O) groups is 4. The molecule has 0 aliphatic rings. The molecule has 0 amide bonds. The minimum Gasteiger partial charge on any atom is -0.458 e. The van der Waals surface area contributed by atoms with Gasteiger partial charge in [-0.25, -0.2) is 0 Å². The Bertz CT molecular complexity index is 411. The standard InChI is InChI=1S/C16H26O6/c1-6-13(7-2)16(22-15(20)9-11(4)18)12(5)21-14(19)8-10(3)17/h12-13,16H,6-9H2,1-5H3/t12-,16+/m0/s1. The molecule has 0 rings (SSSR count). The molecule has 0 N–H and O–H groups in total. The lowest BCUT2D eigenvalue weighted by molar-refractivity contribution is -0.172. The van der Waals surface area contributed by atoms with Crippen molar-refractivity contribution in [2.45, 2.75) is 72.5 Å². The highest BCUT2D eigenvalue weighted by atomic mass is 16.6. The van der Waals surface area contributed by atoms with Gasteiger partial charge in [-0.05, 0) is 39.5 Å². The Morgan fingerprint density at radius 1 is 0.818 bits per heavy atom. The van der Waals surface area contributed by atoms with Gasteiger partial charge in [-0.3, -0.25) is 19.2 Å². The molecular weight excluding hydrogens is 288 g/mol. The third-order valence-corrected chi connectivity index (χ3v) is 3.35. The largest absolute Gasteiger partial charge is 0.458 e. The van der Waals surface area contributed by atoms with Crippen molar-refractivity contribution < 1.29 is 28.7 Å². The van der Waals surface area contributed by atoms with Gasteiger partial charge in [-0.1, -0.05) is 13.8 Å². The van der Waals surface area contributed by atoms with Gasteiger partial charge in [-0.2, -0.15) is 0 Å². The van der Waals surface area contributed by atoms with Crippen molar-refractivity contribution in [3.8, 4) is 0 Å². The van der Waals surface area contributed by atoms with Gasteiger partial charge >= 0.3 is 11.9 Å². The summed E-state index contributed by atoms with van der Waals surface area (Å²) in [6.45, 7) is 8.14. The van der Waals surface area contributed by atoms with E-state index in [1.165, 1.54) is 13.8 Å². The molecule has 0 aromatic rings. The highest BCUT2D eigenvalue weighted by Gasteiger charge is 2.31. The molecule has 0 spiro atoms. The molecule has 0 unspecified atom stereocenters. The Morgan fingerprint density at radius 3 is 1.59 bits per heavy atom. The van der Waals surface area contributed by atoms with Crippen LogP contribution in [0.25, 0.3) is 0 Å². The Morgan fingerprint density at radius 2 is 1.23 bits per heavy atom. The van der Waals surface area contributed by atoms with Crippen LogP contribution < -0.4 is 0 Å². The monoisotopic (exact) mass is 314 g/mol. The first-order chi connectivity index (χ1) is 10.2.